The molecular weight excluding hydrogens is 320 g/mol. The van der Waals surface area contributed by atoms with Gasteiger partial charge in [-0.15, -0.1) is 0 Å². The van der Waals surface area contributed by atoms with Crippen molar-refractivity contribution in [2.24, 2.45) is 5.92 Å². The van der Waals surface area contributed by atoms with Gasteiger partial charge in [0.25, 0.3) is 0 Å². The Morgan fingerprint density at radius 2 is 2.13 bits per heavy atom. The Hall–Kier alpha value is -2.42. The van der Waals surface area contributed by atoms with Gasteiger partial charge < -0.3 is 5.32 Å². The van der Waals surface area contributed by atoms with Crippen LogP contribution in [0, 0.1) is 16.0 Å². The average Bonchev–Trinajstić information content (AvgIpc) is 2.96. The number of aromatic nitrogens is 2. The van der Waals surface area contributed by atoms with Crippen LogP contribution in [0.25, 0.3) is 0 Å². The van der Waals surface area contributed by atoms with Gasteiger partial charge in [0, 0.05) is 31.7 Å². The fourth-order valence-corrected chi connectivity index (χ4v) is 3.09. The molecule has 1 aromatic carbocycles. The van der Waals surface area contributed by atoms with E-state index in [0.717, 1.165) is 6.26 Å². The van der Waals surface area contributed by atoms with Crippen LogP contribution in [0.15, 0.2) is 41.6 Å². The van der Waals surface area contributed by atoms with Crippen LogP contribution in [0.1, 0.15) is 6.92 Å². The third-order valence-electron chi connectivity index (χ3n) is 3.28. The number of anilines is 1. The highest BCUT2D eigenvalue weighted by atomic mass is 32.2. The molecular formula is C14H18N4O4S. The molecule has 1 N–H and O–H groups in total. The topological polar surface area (TPSA) is 107 Å². The van der Waals surface area contributed by atoms with E-state index in [-0.39, 0.29) is 16.5 Å². The van der Waals surface area contributed by atoms with Gasteiger partial charge >= 0.3 is 5.69 Å². The molecule has 1 aromatic heterocycles. The van der Waals surface area contributed by atoms with Crippen LogP contribution in [0.3, 0.4) is 0 Å². The third-order valence-corrected chi connectivity index (χ3v) is 4.41. The SMILES string of the molecule is CC(CNc1cccc(S(C)(=O)=O)c1[N+](=O)[O-])Cn1cccn1. The smallest absolute Gasteiger partial charge is 0.310 e. The van der Waals surface area contributed by atoms with E-state index in [4.69, 9.17) is 0 Å². The van der Waals surface area contributed by atoms with E-state index in [1.165, 1.54) is 18.2 Å². The maximum absolute atomic E-state index is 11.7. The number of benzene rings is 1. The molecule has 0 radical (unpaired) electrons. The van der Waals surface area contributed by atoms with Crippen LogP contribution in [0.2, 0.25) is 0 Å². The zero-order valence-electron chi connectivity index (χ0n) is 12.8. The molecule has 0 saturated carbocycles. The summed E-state index contributed by atoms with van der Waals surface area (Å²) in [5.41, 5.74) is -0.216. The molecule has 0 aliphatic rings. The van der Waals surface area contributed by atoms with E-state index < -0.39 is 20.4 Å². The van der Waals surface area contributed by atoms with E-state index in [9.17, 15) is 18.5 Å². The van der Waals surface area contributed by atoms with Gasteiger partial charge in [0.1, 0.15) is 10.6 Å². The number of nitrogens with zero attached hydrogens (tertiary/aromatic N) is 3. The van der Waals surface area contributed by atoms with Crippen molar-refractivity contribution < 1.29 is 13.3 Å². The quantitative estimate of drug-likeness (QED) is 0.611. The van der Waals surface area contributed by atoms with Crippen LogP contribution >= 0.6 is 0 Å². The first-order valence-corrected chi connectivity index (χ1v) is 8.87. The molecule has 0 spiro atoms. The predicted molar refractivity (Wildman–Crippen MR) is 86.1 cm³/mol. The van der Waals surface area contributed by atoms with Crippen molar-refractivity contribution in [2.45, 2.75) is 18.4 Å². The third kappa shape index (κ3) is 4.28. The highest BCUT2D eigenvalue weighted by molar-refractivity contribution is 7.90. The van der Waals surface area contributed by atoms with Crippen LogP contribution in [0.5, 0.6) is 0 Å². The second kappa shape index (κ2) is 6.78. The lowest BCUT2D eigenvalue weighted by molar-refractivity contribution is -0.386. The van der Waals surface area contributed by atoms with Crippen molar-refractivity contribution in [1.29, 1.82) is 0 Å². The summed E-state index contributed by atoms with van der Waals surface area (Å²) in [5.74, 6) is 0.149. The number of para-hydroxylation sites is 1. The standard InChI is InChI=1S/C14H18N4O4S/c1-11(10-17-8-4-7-16-17)9-15-12-5-3-6-13(23(2,21)22)14(12)18(19)20/h3-8,11,15H,9-10H2,1-2H3. The van der Waals surface area contributed by atoms with Gasteiger partial charge in [-0.25, -0.2) is 8.42 Å². The zero-order valence-corrected chi connectivity index (χ0v) is 13.7. The molecule has 1 unspecified atom stereocenters. The molecule has 0 aliphatic heterocycles. The maximum Gasteiger partial charge on any atom is 0.310 e. The number of hydrogen-bond acceptors (Lipinski definition) is 6. The van der Waals surface area contributed by atoms with E-state index in [1.807, 2.05) is 19.2 Å². The summed E-state index contributed by atoms with van der Waals surface area (Å²) < 4.78 is 25.2. The minimum absolute atomic E-state index is 0.149. The number of nitrogens with one attached hydrogen (secondary N) is 1. The molecule has 0 amide bonds. The molecule has 1 heterocycles. The van der Waals surface area contributed by atoms with Crippen molar-refractivity contribution >= 4 is 21.2 Å². The summed E-state index contributed by atoms with van der Waals surface area (Å²) in [5, 5.41) is 18.4. The first kappa shape index (κ1) is 16.9. The lowest BCUT2D eigenvalue weighted by atomic mass is 10.1. The minimum atomic E-state index is -3.68. The van der Waals surface area contributed by atoms with Gasteiger partial charge in [-0.2, -0.15) is 5.10 Å². The molecule has 124 valence electrons. The van der Waals surface area contributed by atoms with Crippen LogP contribution in [-0.2, 0) is 16.4 Å². The van der Waals surface area contributed by atoms with Crippen molar-refractivity contribution in [1.82, 2.24) is 9.78 Å². The van der Waals surface area contributed by atoms with Gasteiger partial charge in [-0.1, -0.05) is 13.0 Å². The molecule has 0 bridgehead atoms. The fraction of sp³-hybridized carbons (Fsp3) is 0.357. The summed E-state index contributed by atoms with van der Waals surface area (Å²) in [6.07, 6.45) is 4.48. The molecule has 8 nitrogen and oxygen atoms in total. The Kier molecular flexibility index (Phi) is 4.99. The molecule has 0 aliphatic carbocycles. The van der Waals surface area contributed by atoms with Gasteiger partial charge in [0.2, 0.25) is 0 Å². The molecule has 23 heavy (non-hydrogen) atoms. The first-order chi connectivity index (χ1) is 10.8. The van der Waals surface area contributed by atoms with Crippen LogP contribution in [-0.4, -0.2) is 35.9 Å². The van der Waals surface area contributed by atoms with Crippen molar-refractivity contribution in [3.63, 3.8) is 0 Å². The monoisotopic (exact) mass is 338 g/mol. The van der Waals surface area contributed by atoms with Gasteiger partial charge in [0.05, 0.1) is 4.92 Å². The van der Waals surface area contributed by atoms with Gasteiger partial charge in [-0.3, -0.25) is 14.8 Å². The minimum Gasteiger partial charge on any atom is -0.379 e. The largest absolute Gasteiger partial charge is 0.379 e. The molecule has 1 atom stereocenters. The Labute approximate surface area is 134 Å². The van der Waals surface area contributed by atoms with E-state index in [0.29, 0.717) is 13.1 Å². The Morgan fingerprint density at radius 3 is 2.70 bits per heavy atom. The number of hydrogen-bond donors (Lipinski definition) is 1. The summed E-state index contributed by atoms with van der Waals surface area (Å²) in [6, 6.07) is 6.06. The van der Waals surface area contributed by atoms with Gasteiger partial charge in [-0.05, 0) is 24.1 Å². The normalized spacial score (nSPS) is 12.8. The second-order valence-electron chi connectivity index (χ2n) is 5.40. The fourth-order valence-electron chi connectivity index (χ4n) is 2.23. The molecule has 0 saturated heterocycles. The molecule has 2 rings (SSSR count). The summed E-state index contributed by atoms with van der Waals surface area (Å²) >= 11 is 0. The Balaban J connectivity index is 2.18. The summed E-state index contributed by atoms with van der Waals surface area (Å²) in [7, 11) is -3.68. The number of sulfone groups is 1. The number of nitro benzene ring substituents is 1. The maximum atomic E-state index is 11.7. The van der Waals surface area contributed by atoms with Gasteiger partial charge in [0.15, 0.2) is 9.84 Å². The van der Waals surface area contributed by atoms with Crippen molar-refractivity contribution in [3.05, 3.63) is 46.8 Å². The molecule has 0 fully saturated rings. The summed E-state index contributed by atoms with van der Waals surface area (Å²) in [6.45, 7) is 3.08. The zero-order chi connectivity index (χ0) is 17.0. The first-order valence-electron chi connectivity index (χ1n) is 6.98. The number of nitro groups is 1. The molecule has 9 heteroatoms. The Morgan fingerprint density at radius 1 is 1.39 bits per heavy atom. The predicted octanol–water partition coefficient (Wildman–Crippen LogP) is 1.94. The van der Waals surface area contributed by atoms with E-state index >= 15 is 0 Å². The van der Waals surface area contributed by atoms with Crippen molar-refractivity contribution in [3.8, 4) is 0 Å². The Bertz CT molecular complexity index is 787. The molecule has 2 aromatic rings. The average molecular weight is 338 g/mol. The van der Waals surface area contributed by atoms with Crippen molar-refractivity contribution in [2.75, 3.05) is 18.1 Å². The summed E-state index contributed by atoms with van der Waals surface area (Å²) in [4.78, 5) is 10.3. The highest BCUT2D eigenvalue weighted by Crippen LogP contribution is 2.32. The van der Waals surface area contributed by atoms with Crippen LogP contribution < -0.4 is 5.32 Å². The second-order valence-corrected chi connectivity index (χ2v) is 7.38. The lowest BCUT2D eigenvalue weighted by Crippen LogP contribution is -2.18. The van der Waals surface area contributed by atoms with Crippen LogP contribution in [0.4, 0.5) is 11.4 Å². The highest BCUT2D eigenvalue weighted by Gasteiger charge is 2.26. The lowest BCUT2D eigenvalue weighted by Gasteiger charge is -2.14. The van der Waals surface area contributed by atoms with E-state index in [1.54, 1.807) is 10.9 Å². The number of rotatable bonds is 7. The van der Waals surface area contributed by atoms with E-state index in [2.05, 4.69) is 10.4 Å².